The Hall–Kier alpha value is -3.60. The van der Waals surface area contributed by atoms with Gasteiger partial charge in [0.1, 0.15) is 11.6 Å². The highest BCUT2D eigenvalue weighted by Crippen LogP contribution is 2.35. The summed E-state index contributed by atoms with van der Waals surface area (Å²) in [5, 5.41) is 0. The monoisotopic (exact) mass is 563 g/mol. The van der Waals surface area contributed by atoms with Gasteiger partial charge in [-0.15, -0.1) is 0 Å². The largest absolute Gasteiger partial charge is 0.371 e. The number of anilines is 1. The molecule has 2 fully saturated rings. The van der Waals surface area contributed by atoms with Crippen molar-refractivity contribution < 1.29 is 9.59 Å². The quantitative estimate of drug-likeness (QED) is 0.127. The number of rotatable bonds is 12. The van der Waals surface area contributed by atoms with Gasteiger partial charge in [-0.05, 0) is 104 Å². The van der Waals surface area contributed by atoms with Gasteiger partial charge in [0.2, 0.25) is 0 Å². The molecule has 1 aromatic heterocycles. The zero-order chi connectivity index (χ0) is 29.3. The summed E-state index contributed by atoms with van der Waals surface area (Å²) in [6, 6.07) is 16.8. The molecule has 1 aliphatic heterocycles. The molecule has 2 aromatic carbocycles. The molecule has 0 spiro atoms. The minimum Gasteiger partial charge on any atom is -0.371 e. The number of para-hydroxylation sites is 1. The number of benzene rings is 2. The number of aromatic nitrogens is 2. The number of unbranched alkanes of at least 4 members (excludes halogenated alkanes) is 1. The number of allylic oxidation sites excluding steroid dienone is 1. The molecule has 5 rings (SSSR count). The van der Waals surface area contributed by atoms with Crippen LogP contribution >= 0.6 is 0 Å². The van der Waals surface area contributed by atoms with Crippen LogP contribution in [0.4, 0.5) is 5.69 Å². The number of nitrogens with zero attached hydrogens (tertiary/aromatic N) is 3. The minimum absolute atomic E-state index is 0.0565. The Labute approximate surface area is 251 Å². The lowest BCUT2D eigenvalue weighted by Crippen LogP contribution is -2.33. The molecule has 1 saturated heterocycles. The predicted octanol–water partition coefficient (Wildman–Crippen LogP) is 8.01. The van der Waals surface area contributed by atoms with E-state index < -0.39 is 0 Å². The summed E-state index contributed by atoms with van der Waals surface area (Å²) in [6.45, 7) is 8.43. The molecule has 0 bridgehead atoms. The van der Waals surface area contributed by atoms with E-state index in [9.17, 15) is 9.59 Å². The molecule has 1 atom stereocenters. The van der Waals surface area contributed by atoms with Crippen molar-refractivity contribution >= 4 is 17.3 Å². The van der Waals surface area contributed by atoms with E-state index in [1.165, 1.54) is 28.8 Å². The first-order valence-corrected chi connectivity index (χ1v) is 15.9. The standard InChI is InChI=1S/C37H45N3O2/c1-27-9-4-6-14-35(27)40-23-19-30(20-24-40)34-17-15-32(26-31(34)16-18-36-38-21-8-22-39-36)37(42)28(2)10-3-5-11-29-12-7-13-33(41)25-29/h4,6,8-9,14-15,17,21-22,26,29-30H,2-3,5,7,10-13,16,18-20,23-25H2,1H3. The molecule has 0 amide bonds. The van der Waals surface area contributed by atoms with E-state index in [1.807, 2.05) is 12.1 Å². The van der Waals surface area contributed by atoms with Crippen LogP contribution in [0.25, 0.3) is 0 Å². The molecule has 2 aliphatic rings. The zero-order valence-electron chi connectivity index (χ0n) is 25.2. The number of hydrogen-bond donors (Lipinski definition) is 0. The van der Waals surface area contributed by atoms with Crippen LogP contribution in [0.5, 0.6) is 0 Å². The van der Waals surface area contributed by atoms with Crippen molar-refractivity contribution in [1.82, 2.24) is 9.97 Å². The predicted molar refractivity (Wildman–Crippen MR) is 170 cm³/mol. The van der Waals surface area contributed by atoms with E-state index in [0.29, 0.717) is 29.6 Å². The van der Waals surface area contributed by atoms with Crippen molar-refractivity contribution in [2.45, 2.75) is 89.9 Å². The molecule has 1 unspecified atom stereocenters. The average Bonchev–Trinajstić information content (AvgIpc) is 3.02. The van der Waals surface area contributed by atoms with Gasteiger partial charge in [-0.2, -0.15) is 0 Å². The van der Waals surface area contributed by atoms with E-state index in [0.717, 1.165) is 88.7 Å². The van der Waals surface area contributed by atoms with E-state index >= 15 is 0 Å². The van der Waals surface area contributed by atoms with Gasteiger partial charge in [0, 0.05) is 56.0 Å². The number of carbonyl (C=O) groups is 2. The Kier molecular flexibility index (Phi) is 10.3. The van der Waals surface area contributed by atoms with Crippen molar-refractivity contribution in [3.05, 3.63) is 101 Å². The second kappa shape index (κ2) is 14.5. The van der Waals surface area contributed by atoms with Crippen LogP contribution in [0.15, 0.2) is 73.1 Å². The van der Waals surface area contributed by atoms with Gasteiger partial charge in [0.25, 0.3) is 0 Å². The molecule has 220 valence electrons. The third-order valence-electron chi connectivity index (χ3n) is 9.28. The molecular formula is C37H45N3O2. The van der Waals surface area contributed by atoms with Crippen LogP contribution in [-0.2, 0) is 17.6 Å². The smallest absolute Gasteiger partial charge is 0.188 e. The molecule has 5 nitrogen and oxygen atoms in total. The summed E-state index contributed by atoms with van der Waals surface area (Å²) in [4.78, 5) is 36.6. The third kappa shape index (κ3) is 7.81. The molecule has 5 heteroatoms. The number of carbonyl (C=O) groups excluding carboxylic acids is 2. The maximum absolute atomic E-state index is 13.5. The van der Waals surface area contributed by atoms with Crippen molar-refractivity contribution in [3.63, 3.8) is 0 Å². The SMILES string of the molecule is C=C(CCCCC1CCCC(=O)C1)C(=O)c1ccc(C2CCN(c3ccccc3C)CC2)c(CCc2ncccn2)c1. The van der Waals surface area contributed by atoms with Gasteiger partial charge in [-0.1, -0.05) is 49.8 Å². The van der Waals surface area contributed by atoms with Crippen LogP contribution < -0.4 is 4.90 Å². The zero-order valence-corrected chi connectivity index (χ0v) is 25.2. The molecule has 3 aromatic rings. The Bertz CT molecular complexity index is 1370. The second-order valence-corrected chi connectivity index (χ2v) is 12.3. The Morgan fingerprint density at radius 1 is 0.976 bits per heavy atom. The van der Waals surface area contributed by atoms with Gasteiger partial charge in [0.15, 0.2) is 5.78 Å². The summed E-state index contributed by atoms with van der Waals surface area (Å²) >= 11 is 0. The minimum atomic E-state index is 0.0565. The van der Waals surface area contributed by atoms with Crippen LogP contribution in [-0.4, -0.2) is 34.6 Å². The van der Waals surface area contributed by atoms with Gasteiger partial charge >= 0.3 is 0 Å². The lowest BCUT2D eigenvalue weighted by molar-refractivity contribution is -0.121. The fraction of sp³-hybridized carbons (Fsp3) is 0.459. The average molecular weight is 564 g/mol. The highest BCUT2D eigenvalue weighted by atomic mass is 16.1. The molecule has 2 heterocycles. The summed E-state index contributed by atoms with van der Waals surface area (Å²) in [5.74, 6) is 2.30. The molecule has 1 saturated carbocycles. The molecule has 0 N–H and O–H groups in total. The summed E-state index contributed by atoms with van der Waals surface area (Å²) in [7, 11) is 0. The first-order chi connectivity index (χ1) is 20.5. The number of hydrogen-bond acceptors (Lipinski definition) is 5. The first kappa shape index (κ1) is 29.9. The molecule has 42 heavy (non-hydrogen) atoms. The van der Waals surface area contributed by atoms with E-state index in [1.54, 1.807) is 12.4 Å². The van der Waals surface area contributed by atoms with Crippen LogP contribution in [0.3, 0.4) is 0 Å². The van der Waals surface area contributed by atoms with E-state index in [4.69, 9.17) is 0 Å². The Morgan fingerprint density at radius 3 is 2.52 bits per heavy atom. The summed E-state index contributed by atoms with van der Waals surface area (Å²) in [6.07, 6.45) is 14.8. The maximum Gasteiger partial charge on any atom is 0.188 e. The summed E-state index contributed by atoms with van der Waals surface area (Å²) in [5.41, 5.74) is 6.68. The number of Topliss-reactive ketones (excluding diaryl/α,β-unsaturated/α-hetero) is 2. The van der Waals surface area contributed by atoms with E-state index in [-0.39, 0.29) is 5.78 Å². The Morgan fingerprint density at radius 2 is 1.76 bits per heavy atom. The van der Waals surface area contributed by atoms with E-state index in [2.05, 4.69) is 64.8 Å². The molecular weight excluding hydrogens is 518 g/mol. The summed E-state index contributed by atoms with van der Waals surface area (Å²) < 4.78 is 0. The van der Waals surface area contributed by atoms with Crippen LogP contribution in [0.2, 0.25) is 0 Å². The van der Waals surface area contributed by atoms with Gasteiger partial charge in [-0.3, -0.25) is 9.59 Å². The fourth-order valence-corrected chi connectivity index (χ4v) is 6.87. The fourth-order valence-electron chi connectivity index (χ4n) is 6.87. The lowest BCUT2D eigenvalue weighted by Gasteiger charge is -2.35. The van der Waals surface area contributed by atoms with Gasteiger partial charge in [-0.25, -0.2) is 9.97 Å². The number of ketones is 2. The topological polar surface area (TPSA) is 63.2 Å². The lowest BCUT2D eigenvalue weighted by atomic mass is 9.83. The van der Waals surface area contributed by atoms with Gasteiger partial charge in [0.05, 0.1) is 0 Å². The Balaban J connectivity index is 1.23. The van der Waals surface area contributed by atoms with Crippen molar-refractivity contribution in [2.75, 3.05) is 18.0 Å². The third-order valence-corrected chi connectivity index (χ3v) is 9.28. The van der Waals surface area contributed by atoms with Crippen LogP contribution in [0, 0.1) is 12.8 Å². The van der Waals surface area contributed by atoms with Crippen molar-refractivity contribution in [2.24, 2.45) is 5.92 Å². The van der Waals surface area contributed by atoms with Crippen LogP contribution in [0.1, 0.15) is 103 Å². The van der Waals surface area contributed by atoms with Crippen molar-refractivity contribution in [3.8, 4) is 0 Å². The molecule has 0 radical (unpaired) electrons. The highest BCUT2D eigenvalue weighted by molar-refractivity contribution is 6.08. The van der Waals surface area contributed by atoms with Gasteiger partial charge < -0.3 is 4.90 Å². The number of aryl methyl sites for hydroxylation is 3. The first-order valence-electron chi connectivity index (χ1n) is 15.9. The van der Waals surface area contributed by atoms with Crippen molar-refractivity contribution in [1.29, 1.82) is 0 Å². The second-order valence-electron chi connectivity index (χ2n) is 12.3. The number of piperidine rings is 1. The highest BCUT2D eigenvalue weighted by Gasteiger charge is 2.25. The normalized spacial score (nSPS) is 17.8. The maximum atomic E-state index is 13.5. The molecule has 1 aliphatic carbocycles.